The van der Waals surface area contributed by atoms with E-state index in [1.54, 1.807) is 29.2 Å². The molecule has 1 saturated carbocycles. The Kier molecular flexibility index (Phi) is 2.12. The number of carbonyl (C=O) groups is 1. The number of rotatable bonds is 1. The second kappa shape index (κ2) is 3.58. The highest BCUT2D eigenvalue weighted by Crippen LogP contribution is 2.64. The Morgan fingerprint density at radius 3 is 2.95 bits per heavy atom. The molecule has 4 rings (SSSR count). The molecule has 2 aromatic heterocycles. The van der Waals surface area contributed by atoms with Gasteiger partial charge >= 0.3 is 0 Å². The number of amides is 1. The Morgan fingerprint density at radius 1 is 1.50 bits per heavy atom. The Morgan fingerprint density at radius 2 is 2.30 bits per heavy atom. The summed E-state index contributed by atoms with van der Waals surface area (Å²) in [6.07, 6.45) is 6.00. The Bertz CT molecular complexity index is 675. The molecule has 3 atom stereocenters. The lowest BCUT2D eigenvalue weighted by atomic mass is 10.1. The van der Waals surface area contributed by atoms with Gasteiger partial charge in [0.25, 0.3) is 5.91 Å². The zero-order valence-corrected chi connectivity index (χ0v) is 11.4. The summed E-state index contributed by atoms with van der Waals surface area (Å²) in [7, 11) is 0. The van der Waals surface area contributed by atoms with Crippen molar-refractivity contribution in [3.05, 3.63) is 30.5 Å². The third-order valence-corrected chi connectivity index (χ3v) is 4.92. The number of aliphatic hydroxyl groups excluding tert-OH is 1. The molecule has 6 heteroatoms. The largest absolute Gasteiger partial charge is 0.373 e. The second-order valence-corrected chi connectivity index (χ2v) is 6.29. The molecule has 1 aliphatic carbocycles. The quantitative estimate of drug-likeness (QED) is 0.832. The van der Waals surface area contributed by atoms with E-state index in [9.17, 15) is 9.90 Å². The molecular formula is C14H16N4O2. The van der Waals surface area contributed by atoms with Crippen LogP contribution in [0.5, 0.6) is 0 Å². The first-order valence-electron chi connectivity index (χ1n) is 6.78. The van der Waals surface area contributed by atoms with Crippen LogP contribution in [0.3, 0.4) is 0 Å². The maximum Gasteiger partial charge on any atom is 0.276 e. The highest BCUT2D eigenvalue weighted by atomic mass is 16.3. The zero-order valence-electron chi connectivity index (χ0n) is 11.4. The smallest absolute Gasteiger partial charge is 0.276 e. The number of carbonyl (C=O) groups excluding carboxylic acids is 1. The van der Waals surface area contributed by atoms with Gasteiger partial charge in [0, 0.05) is 31.1 Å². The lowest BCUT2D eigenvalue weighted by Gasteiger charge is -2.26. The van der Waals surface area contributed by atoms with Crippen molar-refractivity contribution in [2.45, 2.75) is 20.1 Å². The molecule has 0 spiro atoms. The van der Waals surface area contributed by atoms with Crippen LogP contribution in [-0.2, 0) is 0 Å². The standard InChI is InChI=1S/C14H16N4O2/c1-14(2)8-6-18(13(20)11(8)14)12(19)9-7-17-4-3-15-5-10(17)16-9/h3-5,7-8,11,13,20H,6H2,1-2H3/t8?,11-,13+/m0/s1. The Balaban J connectivity index is 1.62. The second-order valence-electron chi connectivity index (χ2n) is 6.29. The van der Waals surface area contributed by atoms with Crippen LogP contribution in [0.15, 0.2) is 24.8 Å². The summed E-state index contributed by atoms with van der Waals surface area (Å²) in [5.74, 6) is 0.398. The topological polar surface area (TPSA) is 70.7 Å². The van der Waals surface area contributed by atoms with Gasteiger partial charge in [0.15, 0.2) is 5.65 Å². The SMILES string of the molecule is CC1(C)C2CN(C(=O)c3cn4ccncc4n3)[C@H](O)[C@H]21. The van der Waals surface area contributed by atoms with Crippen molar-refractivity contribution in [3.63, 3.8) is 0 Å². The van der Waals surface area contributed by atoms with Gasteiger partial charge in [-0.3, -0.25) is 9.78 Å². The number of imidazole rings is 1. The van der Waals surface area contributed by atoms with E-state index in [0.29, 0.717) is 23.8 Å². The van der Waals surface area contributed by atoms with Crippen molar-refractivity contribution >= 4 is 11.6 Å². The average Bonchev–Trinajstić information content (AvgIpc) is 2.80. The lowest BCUT2D eigenvalue weighted by molar-refractivity contribution is 0.00346. The van der Waals surface area contributed by atoms with Crippen LogP contribution in [0.2, 0.25) is 0 Å². The van der Waals surface area contributed by atoms with Crippen LogP contribution in [0, 0.1) is 17.3 Å². The summed E-state index contributed by atoms with van der Waals surface area (Å²) in [4.78, 5) is 22.3. The number of hydrogen-bond donors (Lipinski definition) is 1. The maximum atomic E-state index is 12.5. The van der Waals surface area contributed by atoms with Gasteiger partial charge in [-0.1, -0.05) is 13.8 Å². The summed E-state index contributed by atoms with van der Waals surface area (Å²) in [6, 6.07) is 0. The van der Waals surface area contributed by atoms with Crippen molar-refractivity contribution in [1.29, 1.82) is 0 Å². The number of fused-ring (bicyclic) bond motifs is 2. The monoisotopic (exact) mass is 272 g/mol. The fraction of sp³-hybridized carbons (Fsp3) is 0.500. The van der Waals surface area contributed by atoms with E-state index in [1.807, 2.05) is 0 Å². The molecular weight excluding hydrogens is 256 g/mol. The molecule has 0 aromatic carbocycles. The van der Waals surface area contributed by atoms with Gasteiger partial charge in [0.2, 0.25) is 0 Å². The summed E-state index contributed by atoms with van der Waals surface area (Å²) in [6.45, 7) is 4.90. The molecule has 0 bridgehead atoms. The number of likely N-dealkylation sites (tertiary alicyclic amines) is 1. The highest BCUT2D eigenvalue weighted by Gasteiger charge is 2.67. The fourth-order valence-corrected chi connectivity index (χ4v) is 3.54. The molecule has 2 fully saturated rings. The van der Waals surface area contributed by atoms with Crippen LogP contribution in [-0.4, -0.2) is 43.1 Å². The summed E-state index contributed by atoms with van der Waals surface area (Å²) >= 11 is 0. The van der Waals surface area contributed by atoms with E-state index in [4.69, 9.17) is 0 Å². The third-order valence-electron chi connectivity index (χ3n) is 4.92. The van der Waals surface area contributed by atoms with Crippen LogP contribution >= 0.6 is 0 Å². The van der Waals surface area contributed by atoms with Gasteiger partial charge in [0.05, 0.1) is 6.20 Å². The van der Waals surface area contributed by atoms with Crippen LogP contribution in [0.4, 0.5) is 0 Å². The van der Waals surface area contributed by atoms with Crippen LogP contribution in [0.25, 0.3) is 5.65 Å². The Labute approximate surface area is 116 Å². The minimum atomic E-state index is -0.689. The first-order valence-corrected chi connectivity index (χ1v) is 6.78. The molecule has 1 unspecified atom stereocenters. The molecule has 20 heavy (non-hydrogen) atoms. The molecule has 1 N–H and O–H groups in total. The summed E-state index contributed by atoms with van der Waals surface area (Å²) < 4.78 is 1.76. The molecule has 104 valence electrons. The van der Waals surface area contributed by atoms with E-state index < -0.39 is 6.23 Å². The maximum absolute atomic E-state index is 12.5. The van der Waals surface area contributed by atoms with Crippen molar-refractivity contribution in [1.82, 2.24) is 19.3 Å². The van der Waals surface area contributed by atoms with Crippen LogP contribution in [0.1, 0.15) is 24.3 Å². The first kappa shape index (κ1) is 11.8. The molecule has 2 aliphatic rings. The van der Waals surface area contributed by atoms with Crippen molar-refractivity contribution in [2.24, 2.45) is 17.3 Å². The number of aromatic nitrogens is 3. The van der Waals surface area contributed by atoms with Gasteiger partial charge < -0.3 is 14.4 Å². The third kappa shape index (κ3) is 1.39. The van der Waals surface area contributed by atoms with Gasteiger partial charge in [-0.05, 0) is 11.3 Å². The van der Waals surface area contributed by atoms with Crippen LogP contribution < -0.4 is 0 Å². The molecule has 6 nitrogen and oxygen atoms in total. The zero-order chi connectivity index (χ0) is 14.1. The van der Waals surface area contributed by atoms with E-state index >= 15 is 0 Å². The Hall–Kier alpha value is -1.95. The van der Waals surface area contributed by atoms with Crippen molar-refractivity contribution < 1.29 is 9.90 Å². The lowest BCUT2D eigenvalue weighted by Crippen LogP contribution is -2.40. The van der Waals surface area contributed by atoms with E-state index in [-0.39, 0.29) is 17.2 Å². The fourth-order valence-electron chi connectivity index (χ4n) is 3.54. The molecule has 0 radical (unpaired) electrons. The molecule has 2 aromatic rings. The van der Waals surface area contributed by atoms with Gasteiger partial charge in [-0.15, -0.1) is 0 Å². The van der Waals surface area contributed by atoms with E-state index in [1.165, 1.54) is 4.90 Å². The normalized spacial score (nSPS) is 30.6. The highest BCUT2D eigenvalue weighted by molar-refractivity contribution is 5.93. The number of aliphatic hydroxyl groups is 1. The predicted octanol–water partition coefficient (Wildman–Crippen LogP) is 0.776. The molecule has 1 amide bonds. The summed E-state index contributed by atoms with van der Waals surface area (Å²) in [5.41, 5.74) is 1.14. The van der Waals surface area contributed by atoms with E-state index in [0.717, 1.165) is 0 Å². The molecule has 1 saturated heterocycles. The van der Waals surface area contributed by atoms with Gasteiger partial charge in [-0.2, -0.15) is 0 Å². The molecule has 1 aliphatic heterocycles. The van der Waals surface area contributed by atoms with E-state index in [2.05, 4.69) is 23.8 Å². The number of nitrogens with zero attached hydrogens (tertiary/aromatic N) is 4. The predicted molar refractivity (Wildman–Crippen MR) is 70.8 cm³/mol. The number of piperidine rings is 1. The van der Waals surface area contributed by atoms with Crippen molar-refractivity contribution in [2.75, 3.05) is 6.54 Å². The van der Waals surface area contributed by atoms with Crippen molar-refractivity contribution in [3.8, 4) is 0 Å². The minimum Gasteiger partial charge on any atom is -0.373 e. The average molecular weight is 272 g/mol. The summed E-state index contributed by atoms with van der Waals surface area (Å²) in [5, 5.41) is 10.3. The van der Waals surface area contributed by atoms with Gasteiger partial charge in [-0.25, -0.2) is 4.98 Å². The molecule has 3 heterocycles. The first-order chi connectivity index (χ1) is 9.50. The van der Waals surface area contributed by atoms with Gasteiger partial charge in [0.1, 0.15) is 11.9 Å². The number of hydrogen-bond acceptors (Lipinski definition) is 4. The minimum absolute atomic E-state index is 0.152.